The zero-order chi connectivity index (χ0) is 10.7. The minimum absolute atomic E-state index is 0.0419. The van der Waals surface area contributed by atoms with E-state index in [4.69, 9.17) is 22.1 Å². The monoisotopic (exact) mass is 207 g/mol. The molecule has 68 valence electrons. The average molecular weight is 208 g/mol. The first-order chi connectivity index (χ1) is 6.60. The maximum atomic E-state index is 10.4. The van der Waals surface area contributed by atoms with Gasteiger partial charge in [-0.2, -0.15) is 10.5 Å². The van der Waals surface area contributed by atoms with Crippen molar-refractivity contribution in [2.24, 2.45) is 0 Å². The fourth-order valence-corrected chi connectivity index (χ4v) is 1.16. The van der Waals surface area contributed by atoms with Crippen molar-refractivity contribution >= 4 is 17.3 Å². The zero-order valence-electron chi connectivity index (χ0n) is 6.69. The van der Waals surface area contributed by atoms with Crippen LogP contribution in [0.25, 0.3) is 0 Å². The average Bonchev–Trinajstić information content (AvgIpc) is 2.16. The summed E-state index contributed by atoms with van der Waals surface area (Å²) >= 11 is 5.58. The highest BCUT2D eigenvalue weighted by atomic mass is 35.5. The van der Waals surface area contributed by atoms with Crippen LogP contribution in [0.15, 0.2) is 12.1 Å². The van der Waals surface area contributed by atoms with Crippen molar-refractivity contribution in [2.45, 2.75) is 0 Å². The van der Waals surface area contributed by atoms with Gasteiger partial charge >= 0.3 is 0 Å². The number of halogens is 1. The number of hydrogen-bond donors (Lipinski definition) is 0. The number of benzene rings is 1. The van der Waals surface area contributed by atoms with Crippen LogP contribution in [-0.2, 0) is 0 Å². The molecule has 0 aliphatic rings. The van der Waals surface area contributed by atoms with Gasteiger partial charge in [-0.15, -0.1) is 0 Å². The van der Waals surface area contributed by atoms with Crippen LogP contribution >= 0.6 is 11.6 Å². The van der Waals surface area contributed by atoms with Gasteiger partial charge in [-0.1, -0.05) is 11.6 Å². The Balaban J connectivity index is 3.51. The summed E-state index contributed by atoms with van der Waals surface area (Å²) in [6.45, 7) is 0. The zero-order valence-corrected chi connectivity index (χ0v) is 7.45. The van der Waals surface area contributed by atoms with Crippen LogP contribution in [0.3, 0.4) is 0 Å². The van der Waals surface area contributed by atoms with E-state index in [1.165, 1.54) is 0 Å². The van der Waals surface area contributed by atoms with Gasteiger partial charge in [-0.05, 0) is 0 Å². The number of rotatable bonds is 1. The third-order valence-corrected chi connectivity index (χ3v) is 1.82. The minimum atomic E-state index is -0.673. The van der Waals surface area contributed by atoms with Gasteiger partial charge in [-0.3, -0.25) is 10.1 Å². The van der Waals surface area contributed by atoms with Gasteiger partial charge in [0.15, 0.2) is 0 Å². The summed E-state index contributed by atoms with van der Waals surface area (Å²) in [6.07, 6.45) is 0. The second-order valence-corrected chi connectivity index (χ2v) is 2.74. The molecule has 0 heterocycles. The molecule has 0 fully saturated rings. The molecule has 6 heteroatoms. The normalized spacial score (nSPS) is 8.79. The van der Waals surface area contributed by atoms with Crippen LogP contribution in [-0.4, -0.2) is 4.92 Å². The first kappa shape index (κ1) is 9.97. The van der Waals surface area contributed by atoms with Crippen LogP contribution in [0.2, 0.25) is 5.02 Å². The molecular formula is C8H2ClN3O2. The van der Waals surface area contributed by atoms with Crippen molar-refractivity contribution < 1.29 is 4.92 Å². The summed E-state index contributed by atoms with van der Waals surface area (Å²) in [7, 11) is 0. The molecular weight excluding hydrogens is 206 g/mol. The molecule has 0 aliphatic heterocycles. The standard InChI is InChI=1S/C8H2ClN3O2/c9-8-2-6(12(13)14)1-5(3-10)7(8)4-11/h1-2H. The molecule has 0 unspecified atom stereocenters. The van der Waals surface area contributed by atoms with Crippen LogP contribution in [0.1, 0.15) is 11.1 Å². The lowest BCUT2D eigenvalue weighted by molar-refractivity contribution is -0.384. The number of hydrogen-bond acceptors (Lipinski definition) is 4. The topological polar surface area (TPSA) is 90.7 Å². The number of nitrogens with zero attached hydrogens (tertiary/aromatic N) is 3. The molecule has 0 saturated carbocycles. The van der Waals surface area contributed by atoms with E-state index in [2.05, 4.69) is 0 Å². The Hall–Kier alpha value is -2.11. The third kappa shape index (κ3) is 1.63. The SMILES string of the molecule is N#Cc1cc([N+](=O)[O-])cc(Cl)c1C#N. The molecule has 1 rings (SSSR count). The highest BCUT2D eigenvalue weighted by Gasteiger charge is 2.14. The highest BCUT2D eigenvalue weighted by molar-refractivity contribution is 6.32. The molecule has 1 aromatic carbocycles. The van der Waals surface area contributed by atoms with Gasteiger partial charge in [0.1, 0.15) is 12.1 Å². The van der Waals surface area contributed by atoms with E-state index in [-0.39, 0.29) is 21.8 Å². The predicted octanol–water partition coefficient (Wildman–Crippen LogP) is 1.99. The minimum Gasteiger partial charge on any atom is -0.258 e. The van der Waals surface area contributed by atoms with Crippen molar-refractivity contribution in [1.82, 2.24) is 0 Å². The first-order valence-corrected chi connectivity index (χ1v) is 3.76. The van der Waals surface area contributed by atoms with Crippen molar-refractivity contribution in [2.75, 3.05) is 0 Å². The molecule has 0 saturated heterocycles. The molecule has 1 aromatic rings. The molecule has 0 atom stereocenters. The Labute approximate surface area is 83.9 Å². The smallest absolute Gasteiger partial charge is 0.258 e. The van der Waals surface area contributed by atoms with Crippen molar-refractivity contribution in [3.8, 4) is 12.1 Å². The molecule has 0 amide bonds. The van der Waals surface area contributed by atoms with Gasteiger partial charge < -0.3 is 0 Å². The van der Waals surface area contributed by atoms with Crippen LogP contribution in [0.5, 0.6) is 0 Å². The predicted molar refractivity (Wildman–Crippen MR) is 47.5 cm³/mol. The van der Waals surface area contributed by atoms with Crippen LogP contribution in [0.4, 0.5) is 5.69 Å². The molecule has 0 bridgehead atoms. The molecule has 14 heavy (non-hydrogen) atoms. The Morgan fingerprint density at radius 3 is 2.43 bits per heavy atom. The summed E-state index contributed by atoms with van der Waals surface area (Å²) in [5.74, 6) is 0. The number of nitriles is 2. The Kier molecular flexibility index (Phi) is 2.66. The van der Waals surface area contributed by atoms with Gasteiger partial charge in [0, 0.05) is 12.1 Å². The Morgan fingerprint density at radius 1 is 1.36 bits per heavy atom. The highest BCUT2D eigenvalue weighted by Crippen LogP contribution is 2.25. The van der Waals surface area contributed by atoms with E-state index in [1.54, 1.807) is 12.1 Å². The summed E-state index contributed by atoms with van der Waals surface area (Å²) in [5.41, 5.74) is -0.433. The number of nitro benzene ring substituents is 1. The fourth-order valence-electron chi connectivity index (χ4n) is 0.900. The third-order valence-electron chi connectivity index (χ3n) is 1.52. The van der Waals surface area contributed by atoms with E-state index < -0.39 is 4.92 Å². The summed E-state index contributed by atoms with van der Waals surface area (Å²) in [6, 6.07) is 5.44. The Morgan fingerprint density at radius 2 is 2.00 bits per heavy atom. The van der Waals surface area contributed by atoms with E-state index >= 15 is 0 Å². The van der Waals surface area contributed by atoms with Gasteiger partial charge in [0.2, 0.25) is 0 Å². The number of non-ortho nitro benzene ring substituents is 1. The van der Waals surface area contributed by atoms with Crippen LogP contribution < -0.4 is 0 Å². The summed E-state index contributed by atoms with van der Waals surface area (Å²) in [4.78, 5) is 9.70. The van der Waals surface area contributed by atoms with E-state index in [0.29, 0.717) is 0 Å². The fraction of sp³-hybridized carbons (Fsp3) is 0. The lowest BCUT2D eigenvalue weighted by Gasteiger charge is -1.97. The van der Waals surface area contributed by atoms with E-state index in [9.17, 15) is 10.1 Å². The maximum absolute atomic E-state index is 10.4. The second-order valence-electron chi connectivity index (χ2n) is 2.33. The molecule has 0 N–H and O–H groups in total. The molecule has 0 radical (unpaired) electrons. The van der Waals surface area contributed by atoms with Crippen molar-refractivity contribution in [3.63, 3.8) is 0 Å². The van der Waals surface area contributed by atoms with Gasteiger partial charge in [-0.25, -0.2) is 0 Å². The van der Waals surface area contributed by atoms with Gasteiger partial charge in [0.05, 0.1) is 21.1 Å². The quantitative estimate of drug-likeness (QED) is 0.520. The largest absolute Gasteiger partial charge is 0.272 e. The first-order valence-electron chi connectivity index (χ1n) is 3.38. The number of nitro groups is 1. The van der Waals surface area contributed by atoms with E-state index in [1.807, 2.05) is 0 Å². The molecule has 0 spiro atoms. The van der Waals surface area contributed by atoms with Crippen molar-refractivity contribution in [3.05, 3.63) is 38.4 Å². The molecule has 0 aliphatic carbocycles. The van der Waals surface area contributed by atoms with E-state index in [0.717, 1.165) is 12.1 Å². The Bertz CT molecular complexity index is 485. The lowest BCUT2D eigenvalue weighted by Crippen LogP contribution is -1.92. The second kappa shape index (κ2) is 3.73. The van der Waals surface area contributed by atoms with Crippen molar-refractivity contribution in [1.29, 1.82) is 10.5 Å². The maximum Gasteiger partial charge on any atom is 0.272 e. The summed E-state index contributed by atoms with van der Waals surface area (Å²) in [5, 5.41) is 27.5. The van der Waals surface area contributed by atoms with Crippen LogP contribution in [0, 0.1) is 32.8 Å². The summed E-state index contributed by atoms with van der Waals surface area (Å²) < 4.78 is 0. The molecule has 5 nitrogen and oxygen atoms in total. The lowest BCUT2D eigenvalue weighted by atomic mass is 10.1. The molecule has 0 aromatic heterocycles. The van der Waals surface area contributed by atoms with Gasteiger partial charge in [0.25, 0.3) is 5.69 Å².